The Morgan fingerprint density at radius 2 is 2.19 bits per heavy atom. The molecule has 1 aliphatic heterocycles. The van der Waals surface area contributed by atoms with Crippen LogP contribution < -0.4 is 10.5 Å². The first-order valence-electron chi connectivity index (χ1n) is 7.06. The van der Waals surface area contributed by atoms with Gasteiger partial charge in [0, 0.05) is 18.6 Å². The van der Waals surface area contributed by atoms with E-state index in [2.05, 4.69) is 15.9 Å². The quantitative estimate of drug-likeness (QED) is 0.874. The summed E-state index contributed by atoms with van der Waals surface area (Å²) >= 11 is 3.36. The molecule has 21 heavy (non-hydrogen) atoms. The van der Waals surface area contributed by atoms with Gasteiger partial charge in [0.1, 0.15) is 5.75 Å². The summed E-state index contributed by atoms with van der Waals surface area (Å²) in [4.78, 5) is 0.278. The predicted molar refractivity (Wildman–Crippen MR) is 85.9 cm³/mol. The highest BCUT2D eigenvalue weighted by atomic mass is 79.9. The predicted octanol–water partition coefficient (Wildman–Crippen LogP) is 2.35. The Bertz CT molecular complexity index is 606. The van der Waals surface area contributed by atoms with Crippen molar-refractivity contribution in [3.8, 4) is 5.75 Å². The van der Waals surface area contributed by atoms with Gasteiger partial charge in [-0.15, -0.1) is 0 Å². The average Bonchev–Trinajstić information content (AvgIpc) is 2.40. The van der Waals surface area contributed by atoms with Gasteiger partial charge in [0.05, 0.1) is 16.0 Å². The molecule has 2 N–H and O–H groups in total. The Morgan fingerprint density at radius 3 is 2.76 bits per heavy atom. The van der Waals surface area contributed by atoms with Crippen LogP contribution in [-0.2, 0) is 10.0 Å². The Kier molecular flexibility index (Phi) is 5.29. The first-order chi connectivity index (χ1) is 9.86. The van der Waals surface area contributed by atoms with Gasteiger partial charge >= 0.3 is 0 Å². The highest BCUT2D eigenvalue weighted by molar-refractivity contribution is 9.10. The first kappa shape index (κ1) is 16.7. The number of piperidine rings is 1. The monoisotopic (exact) mass is 376 g/mol. The van der Waals surface area contributed by atoms with Crippen LogP contribution in [0.1, 0.15) is 26.7 Å². The maximum Gasteiger partial charge on any atom is 0.243 e. The van der Waals surface area contributed by atoms with E-state index >= 15 is 0 Å². The van der Waals surface area contributed by atoms with E-state index in [0.717, 1.165) is 0 Å². The Morgan fingerprint density at radius 1 is 1.48 bits per heavy atom. The molecule has 0 bridgehead atoms. The van der Waals surface area contributed by atoms with Crippen molar-refractivity contribution in [2.45, 2.75) is 43.7 Å². The zero-order valence-corrected chi connectivity index (χ0v) is 14.7. The molecule has 1 saturated heterocycles. The molecule has 1 aromatic rings. The number of hydrogen-bond donors (Lipinski definition) is 1. The number of rotatable bonds is 4. The molecule has 7 heteroatoms. The molecule has 0 saturated carbocycles. The van der Waals surface area contributed by atoms with Gasteiger partial charge in [-0.3, -0.25) is 0 Å². The SMILES string of the molecule is CCOc1ccc(S(=O)(=O)N2CC[C@@H](N)C[C@@H]2C)cc1Br. The molecule has 1 heterocycles. The molecule has 1 aromatic carbocycles. The third-order valence-corrected chi connectivity index (χ3v) is 6.29. The lowest BCUT2D eigenvalue weighted by Crippen LogP contribution is -2.48. The fourth-order valence-corrected chi connectivity index (χ4v) is 4.92. The summed E-state index contributed by atoms with van der Waals surface area (Å²) in [5.74, 6) is 0.644. The Balaban J connectivity index is 2.29. The normalized spacial score (nSPS) is 24.0. The van der Waals surface area contributed by atoms with E-state index in [1.165, 1.54) is 0 Å². The minimum Gasteiger partial charge on any atom is -0.493 e. The lowest BCUT2D eigenvalue weighted by atomic mass is 10.0. The van der Waals surface area contributed by atoms with E-state index in [-0.39, 0.29) is 17.0 Å². The number of sulfonamides is 1. The molecule has 5 nitrogen and oxygen atoms in total. The van der Waals surface area contributed by atoms with Crippen LogP contribution in [0.15, 0.2) is 27.6 Å². The van der Waals surface area contributed by atoms with E-state index in [0.29, 0.717) is 36.2 Å². The molecule has 1 fully saturated rings. The number of nitrogens with zero attached hydrogens (tertiary/aromatic N) is 1. The molecule has 118 valence electrons. The van der Waals surface area contributed by atoms with Gasteiger partial charge in [-0.25, -0.2) is 8.42 Å². The maximum atomic E-state index is 12.7. The van der Waals surface area contributed by atoms with E-state index in [9.17, 15) is 8.42 Å². The first-order valence-corrected chi connectivity index (χ1v) is 9.29. The second-order valence-electron chi connectivity index (χ2n) is 5.27. The third kappa shape index (κ3) is 3.59. The lowest BCUT2D eigenvalue weighted by molar-refractivity contribution is 0.247. The summed E-state index contributed by atoms with van der Waals surface area (Å²) in [7, 11) is -3.50. The summed E-state index contributed by atoms with van der Waals surface area (Å²) < 4.78 is 33.1. The molecular weight excluding hydrogens is 356 g/mol. The third-order valence-electron chi connectivity index (χ3n) is 3.67. The molecular formula is C14H21BrN2O3S. The number of halogens is 1. The van der Waals surface area contributed by atoms with Gasteiger partial charge in [-0.2, -0.15) is 4.31 Å². The molecule has 0 aliphatic carbocycles. The van der Waals surface area contributed by atoms with Crippen molar-refractivity contribution in [3.05, 3.63) is 22.7 Å². The number of hydrogen-bond acceptors (Lipinski definition) is 4. The Labute approximate surface area is 134 Å². The summed E-state index contributed by atoms with van der Waals surface area (Å²) in [5.41, 5.74) is 5.90. The average molecular weight is 377 g/mol. The number of ether oxygens (including phenoxy) is 1. The zero-order valence-electron chi connectivity index (χ0n) is 12.3. The summed E-state index contributed by atoms with van der Waals surface area (Å²) in [6.45, 7) is 4.79. The van der Waals surface area contributed by atoms with Gasteiger partial charge < -0.3 is 10.5 Å². The summed E-state index contributed by atoms with van der Waals surface area (Å²) in [6.07, 6.45) is 1.39. The van der Waals surface area contributed by atoms with E-state index in [1.54, 1.807) is 22.5 Å². The van der Waals surface area contributed by atoms with Gasteiger partial charge in [0.2, 0.25) is 10.0 Å². The van der Waals surface area contributed by atoms with Crippen molar-refractivity contribution in [1.29, 1.82) is 0 Å². The van der Waals surface area contributed by atoms with Crippen LogP contribution in [0.25, 0.3) is 0 Å². The minimum atomic E-state index is -3.50. The smallest absolute Gasteiger partial charge is 0.243 e. The van der Waals surface area contributed by atoms with Crippen molar-refractivity contribution in [1.82, 2.24) is 4.31 Å². The molecule has 0 unspecified atom stereocenters. The van der Waals surface area contributed by atoms with Crippen molar-refractivity contribution in [2.75, 3.05) is 13.2 Å². The largest absolute Gasteiger partial charge is 0.493 e. The van der Waals surface area contributed by atoms with Gasteiger partial charge in [-0.05, 0) is 60.8 Å². The van der Waals surface area contributed by atoms with Crippen LogP contribution in [0, 0.1) is 0 Å². The standard InChI is InChI=1S/C14H21BrN2O3S/c1-3-20-14-5-4-12(9-13(14)15)21(18,19)17-7-6-11(16)8-10(17)2/h4-5,9-11H,3,6-8,16H2,1-2H3/t10-,11+/m0/s1. The molecule has 1 aliphatic rings. The highest BCUT2D eigenvalue weighted by Gasteiger charge is 2.33. The fraction of sp³-hybridized carbons (Fsp3) is 0.571. The van der Waals surface area contributed by atoms with Crippen molar-refractivity contribution < 1.29 is 13.2 Å². The van der Waals surface area contributed by atoms with Crippen LogP contribution >= 0.6 is 15.9 Å². The lowest BCUT2D eigenvalue weighted by Gasteiger charge is -2.35. The zero-order chi connectivity index (χ0) is 15.6. The van der Waals surface area contributed by atoms with Crippen molar-refractivity contribution in [2.24, 2.45) is 5.73 Å². The van der Waals surface area contributed by atoms with Gasteiger partial charge in [-0.1, -0.05) is 0 Å². The molecule has 2 rings (SSSR count). The number of nitrogens with two attached hydrogens (primary N) is 1. The van der Waals surface area contributed by atoms with E-state index in [1.807, 2.05) is 13.8 Å². The summed E-state index contributed by atoms with van der Waals surface area (Å²) in [5, 5.41) is 0. The molecule has 2 atom stereocenters. The fourth-order valence-electron chi connectivity index (χ4n) is 2.59. The van der Waals surface area contributed by atoms with Gasteiger partial charge in [0.25, 0.3) is 0 Å². The van der Waals surface area contributed by atoms with Crippen LogP contribution in [0.3, 0.4) is 0 Å². The van der Waals surface area contributed by atoms with E-state index < -0.39 is 10.0 Å². The molecule has 0 amide bonds. The topological polar surface area (TPSA) is 72.6 Å². The molecule has 0 aromatic heterocycles. The van der Waals surface area contributed by atoms with Crippen LogP contribution in [0.2, 0.25) is 0 Å². The minimum absolute atomic E-state index is 0.0795. The molecule has 0 spiro atoms. The van der Waals surface area contributed by atoms with Crippen LogP contribution in [0.5, 0.6) is 5.75 Å². The maximum absolute atomic E-state index is 12.7. The summed E-state index contributed by atoms with van der Waals surface area (Å²) in [6, 6.07) is 4.87. The second kappa shape index (κ2) is 6.64. The van der Waals surface area contributed by atoms with Crippen LogP contribution in [0.4, 0.5) is 0 Å². The van der Waals surface area contributed by atoms with Crippen LogP contribution in [-0.4, -0.2) is 38.0 Å². The molecule has 0 radical (unpaired) electrons. The second-order valence-corrected chi connectivity index (χ2v) is 8.02. The van der Waals surface area contributed by atoms with Crippen molar-refractivity contribution in [3.63, 3.8) is 0 Å². The van der Waals surface area contributed by atoms with Crippen molar-refractivity contribution >= 4 is 26.0 Å². The van der Waals surface area contributed by atoms with Gasteiger partial charge in [0.15, 0.2) is 0 Å². The Hall–Kier alpha value is -0.630. The van der Waals surface area contributed by atoms with E-state index in [4.69, 9.17) is 10.5 Å². The number of benzene rings is 1. The highest BCUT2D eigenvalue weighted by Crippen LogP contribution is 2.31.